The highest BCUT2D eigenvalue weighted by Gasteiger charge is 2.33. The number of carbonyl (C=O) groups is 1. The number of methoxy groups -OCH3 is 1. The van der Waals surface area contributed by atoms with Crippen LogP contribution in [0.1, 0.15) is 48.2 Å². The molecule has 8 nitrogen and oxygen atoms in total. The topological polar surface area (TPSA) is 102 Å². The first kappa shape index (κ1) is 20.0. The lowest BCUT2D eigenvalue weighted by Crippen LogP contribution is -2.32. The molecule has 0 radical (unpaired) electrons. The molecule has 0 saturated heterocycles. The smallest absolute Gasteiger partial charge is 0.254 e. The molecule has 156 valence electrons. The van der Waals surface area contributed by atoms with Crippen molar-refractivity contribution in [3.8, 4) is 23.0 Å². The third-order valence-corrected chi connectivity index (χ3v) is 5.20. The Balaban J connectivity index is 1.68. The molecule has 0 bridgehead atoms. The van der Waals surface area contributed by atoms with Gasteiger partial charge in [0.1, 0.15) is 5.75 Å². The predicted molar refractivity (Wildman–Crippen MR) is 112 cm³/mol. The van der Waals surface area contributed by atoms with Crippen LogP contribution in [0.25, 0.3) is 17.2 Å². The third kappa shape index (κ3) is 4.04. The second-order valence-corrected chi connectivity index (χ2v) is 7.34. The molecule has 2 aromatic heterocycles. The Hall–Kier alpha value is -3.26. The third-order valence-electron chi connectivity index (χ3n) is 5.20. The van der Waals surface area contributed by atoms with Crippen molar-refractivity contribution in [2.45, 2.75) is 38.2 Å². The van der Waals surface area contributed by atoms with Crippen molar-refractivity contribution in [2.75, 3.05) is 13.7 Å². The molecule has 1 atom stereocenters. The van der Waals surface area contributed by atoms with E-state index >= 15 is 0 Å². The molecule has 0 aliphatic heterocycles. The summed E-state index contributed by atoms with van der Waals surface area (Å²) >= 11 is 0. The molecule has 1 aliphatic carbocycles. The summed E-state index contributed by atoms with van der Waals surface area (Å²) in [5.74, 6) is 1.15. The van der Waals surface area contributed by atoms with E-state index in [-0.39, 0.29) is 18.4 Å². The predicted octanol–water partition coefficient (Wildman–Crippen LogP) is 2.72. The Morgan fingerprint density at radius 3 is 2.87 bits per heavy atom. The highest BCUT2D eigenvalue weighted by molar-refractivity contribution is 5.95. The molecule has 3 aromatic rings. The van der Waals surface area contributed by atoms with Crippen molar-refractivity contribution in [1.29, 1.82) is 0 Å². The van der Waals surface area contributed by atoms with Crippen LogP contribution in [-0.4, -0.2) is 50.5 Å². The van der Waals surface area contributed by atoms with E-state index in [0.717, 1.165) is 29.8 Å². The molecule has 8 heteroatoms. The molecule has 4 rings (SSSR count). The average molecular weight is 407 g/mol. The van der Waals surface area contributed by atoms with E-state index in [2.05, 4.69) is 15.4 Å². The molecule has 1 fully saturated rings. The quantitative estimate of drug-likeness (QED) is 0.595. The zero-order chi connectivity index (χ0) is 21.1. The second kappa shape index (κ2) is 8.62. The molecule has 1 aliphatic rings. The van der Waals surface area contributed by atoms with Gasteiger partial charge >= 0.3 is 0 Å². The number of aliphatic hydroxyl groups excluding tert-OH is 1. The molecule has 1 aromatic carbocycles. The van der Waals surface area contributed by atoms with Gasteiger partial charge < -0.3 is 15.2 Å². The lowest BCUT2D eigenvalue weighted by Gasteiger charge is -2.11. The van der Waals surface area contributed by atoms with E-state index in [4.69, 9.17) is 9.72 Å². The van der Waals surface area contributed by atoms with Crippen molar-refractivity contribution in [1.82, 2.24) is 25.1 Å². The summed E-state index contributed by atoms with van der Waals surface area (Å²) in [6.45, 7) is 2.08. The number of para-hydroxylation sites is 1. The fourth-order valence-corrected chi connectivity index (χ4v) is 3.35. The first-order chi connectivity index (χ1) is 14.6. The van der Waals surface area contributed by atoms with E-state index in [9.17, 15) is 9.90 Å². The van der Waals surface area contributed by atoms with Gasteiger partial charge in [-0.05, 0) is 37.5 Å². The van der Waals surface area contributed by atoms with Gasteiger partial charge in [-0.2, -0.15) is 5.10 Å². The number of rotatable bonds is 8. The van der Waals surface area contributed by atoms with Gasteiger partial charge in [0.25, 0.3) is 11.9 Å². The minimum atomic E-state index is -0.561. The van der Waals surface area contributed by atoms with E-state index in [0.29, 0.717) is 23.6 Å². The van der Waals surface area contributed by atoms with Crippen LogP contribution in [0.3, 0.4) is 0 Å². The summed E-state index contributed by atoms with van der Waals surface area (Å²) in [5.41, 5.74) is 2.89. The minimum absolute atomic E-state index is 0.213. The first-order valence-electron chi connectivity index (χ1n) is 10.1. The van der Waals surface area contributed by atoms with E-state index in [1.807, 2.05) is 37.3 Å². The largest absolute Gasteiger partial charge is 0.496 e. The number of aromatic nitrogens is 4. The molecule has 2 heterocycles. The standard InChI is InChI=1S/C22H25N5O3/c1-3-15(28)12-24-21(29)17-13-25-27(20(17)14-8-9-14)22-23-11-10-18(26-22)16-6-4-5-7-19(16)30-2/h4-7,10-11,13-15,28H,3,8-9,12H2,1-2H3,(H,24,29). The Bertz CT molecular complexity index is 1040. The number of nitrogens with one attached hydrogen (secondary N) is 1. The molecular weight excluding hydrogens is 382 g/mol. The maximum absolute atomic E-state index is 12.7. The molecular formula is C22H25N5O3. The highest BCUT2D eigenvalue weighted by Crippen LogP contribution is 2.42. The Labute approximate surface area is 174 Å². The number of carbonyl (C=O) groups excluding carboxylic acids is 1. The average Bonchev–Trinajstić information content (AvgIpc) is 3.54. The zero-order valence-electron chi connectivity index (χ0n) is 17.1. The van der Waals surface area contributed by atoms with Crippen LogP contribution in [0, 0.1) is 0 Å². The summed E-state index contributed by atoms with van der Waals surface area (Å²) in [6, 6.07) is 9.48. The number of hydrogen-bond donors (Lipinski definition) is 2. The van der Waals surface area contributed by atoms with E-state index in [1.165, 1.54) is 0 Å². The molecule has 30 heavy (non-hydrogen) atoms. The van der Waals surface area contributed by atoms with E-state index < -0.39 is 6.10 Å². The van der Waals surface area contributed by atoms with Crippen LogP contribution in [0.5, 0.6) is 5.75 Å². The van der Waals surface area contributed by atoms with Crippen LogP contribution in [0.4, 0.5) is 0 Å². The number of amides is 1. The van der Waals surface area contributed by atoms with Crippen LogP contribution in [-0.2, 0) is 0 Å². The number of benzene rings is 1. The Kier molecular flexibility index (Phi) is 5.76. The van der Waals surface area contributed by atoms with Gasteiger partial charge in [-0.15, -0.1) is 0 Å². The Morgan fingerprint density at radius 2 is 2.13 bits per heavy atom. The lowest BCUT2D eigenvalue weighted by atomic mass is 10.1. The monoisotopic (exact) mass is 407 g/mol. The van der Waals surface area contributed by atoms with Crippen LogP contribution in [0.2, 0.25) is 0 Å². The van der Waals surface area contributed by atoms with Gasteiger partial charge in [-0.1, -0.05) is 19.1 Å². The van der Waals surface area contributed by atoms with Gasteiger partial charge in [-0.3, -0.25) is 4.79 Å². The van der Waals surface area contributed by atoms with Gasteiger partial charge in [0.05, 0.1) is 36.4 Å². The van der Waals surface area contributed by atoms with Crippen LogP contribution in [0.15, 0.2) is 42.7 Å². The normalized spacial score (nSPS) is 14.4. The van der Waals surface area contributed by atoms with Crippen LogP contribution < -0.4 is 10.1 Å². The fourth-order valence-electron chi connectivity index (χ4n) is 3.35. The summed E-state index contributed by atoms with van der Waals surface area (Å²) < 4.78 is 7.11. The minimum Gasteiger partial charge on any atom is -0.496 e. The number of ether oxygens (including phenoxy) is 1. The van der Waals surface area contributed by atoms with Gasteiger partial charge in [0.2, 0.25) is 0 Å². The van der Waals surface area contributed by atoms with Crippen molar-refractivity contribution in [3.05, 3.63) is 54.0 Å². The number of aliphatic hydroxyl groups is 1. The van der Waals surface area contributed by atoms with Crippen molar-refractivity contribution in [2.24, 2.45) is 0 Å². The number of nitrogens with zero attached hydrogens (tertiary/aromatic N) is 4. The summed E-state index contributed by atoms with van der Waals surface area (Å²) in [6.07, 6.45) is 5.25. The fraction of sp³-hybridized carbons (Fsp3) is 0.364. The van der Waals surface area contributed by atoms with Gasteiger partial charge in [0.15, 0.2) is 0 Å². The first-order valence-corrected chi connectivity index (χ1v) is 10.1. The zero-order valence-corrected chi connectivity index (χ0v) is 17.1. The lowest BCUT2D eigenvalue weighted by molar-refractivity contribution is 0.0913. The van der Waals surface area contributed by atoms with Crippen molar-refractivity contribution < 1.29 is 14.6 Å². The van der Waals surface area contributed by atoms with Crippen molar-refractivity contribution >= 4 is 5.91 Å². The molecule has 1 amide bonds. The summed E-state index contributed by atoms with van der Waals surface area (Å²) in [5, 5.41) is 17.0. The summed E-state index contributed by atoms with van der Waals surface area (Å²) in [7, 11) is 1.63. The Morgan fingerprint density at radius 1 is 1.33 bits per heavy atom. The second-order valence-electron chi connectivity index (χ2n) is 7.34. The molecule has 2 N–H and O–H groups in total. The van der Waals surface area contributed by atoms with E-state index in [1.54, 1.807) is 24.2 Å². The molecule has 0 spiro atoms. The van der Waals surface area contributed by atoms with Gasteiger partial charge in [0, 0.05) is 24.2 Å². The number of hydrogen-bond acceptors (Lipinski definition) is 6. The van der Waals surface area contributed by atoms with Crippen LogP contribution >= 0.6 is 0 Å². The molecule has 1 saturated carbocycles. The maximum Gasteiger partial charge on any atom is 0.254 e. The summed E-state index contributed by atoms with van der Waals surface area (Å²) in [4.78, 5) is 21.8. The molecule has 1 unspecified atom stereocenters. The van der Waals surface area contributed by atoms with Crippen molar-refractivity contribution in [3.63, 3.8) is 0 Å². The SMILES string of the molecule is CCC(O)CNC(=O)c1cnn(-c2nccc(-c3ccccc3OC)n2)c1C1CC1. The highest BCUT2D eigenvalue weighted by atomic mass is 16.5. The van der Waals surface area contributed by atoms with Gasteiger partial charge in [-0.25, -0.2) is 14.6 Å². The maximum atomic E-state index is 12.7.